The Bertz CT molecular complexity index is 1210. The fraction of sp³-hybridized carbons (Fsp3) is 0.222. The van der Waals surface area contributed by atoms with Crippen molar-refractivity contribution in [1.29, 1.82) is 0 Å². The van der Waals surface area contributed by atoms with Crippen LogP contribution in [-0.4, -0.2) is 29.6 Å². The van der Waals surface area contributed by atoms with Crippen LogP contribution >= 0.6 is 11.8 Å². The Kier molecular flexibility index (Phi) is 6.11. The summed E-state index contributed by atoms with van der Waals surface area (Å²) in [7, 11) is -3.89. The average Bonchev–Trinajstić information content (AvgIpc) is 3.02. The number of para-hydroxylation sites is 1. The maximum atomic E-state index is 13.1. The molecule has 160 valence electrons. The molecule has 12 heteroatoms. The van der Waals surface area contributed by atoms with Gasteiger partial charge in [0.15, 0.2) is 5.16 Å². The van der Waals surface area contributed by atoms with Crippen LogP contribution in [0.4, 0.5) is 18.9 Å². The van der Waals surface area contributed by atoms with E-state index in [1.54, 1.807) is 10.6 Å². The summed E-state index contributed by atoms with van der Waals surface area (Å²) in [5.74, 6) is -0.811. The Labute approximate surface area is 174 Å². The number of benzene rings is 2. The number of aryl methyl sites for hydroxylation is 1. The molecule has 1 aromatic heterocycles. The van der Waals surface area contributed by atoms with Gasteiger partial charge in [-0.15, -0.1) is 0 Å². The van der Waals surface area contributed by atoms with E-state index in [0.29, 0.717) is 22.7 Å². The molecule has 0 aliphatic carbocycles. The number of primary sulfonamides is 1. The molecule has 0 atom stereocenters. The second kappa shape index (κ2) is 8.28. The van der Waals surface area contributed by atoms with Crippen molar-refractivity contribution in [3.05, 3.63) is 48.0 Å². The molecule has 0 aliphatic heterocycles. The molecule has 7 nitrogen and oxygen atoms in total. The van der Waals surface area contributed by atoms with Crippen molar-refractivity contribution in [1.82, 2.24) is 9.55 Å². The molecule has 3 N–H and O–H groups in total. The highest BCUT2D eigenvalue weighted by molar-refractivity contribution is 7.99. The average molecular weight is 458 g/mol. The van der Waals surface area contributed by atoms with Gasteiger partial charge in [-0.3, -0.25) is 4.79 Å². The van der Waals surface area contributed by atoms with Crippen LogP contribution in [0, 0.1) is 0 Å². The summed E-state index contributed by atoms with van der Waals surface area (Å²) >= 11 is 1.03. The lowest BCUT2D eigenvalue weighted by molar-refractivity contribution is -0.137. The number of nitrogens with one attached hydrogen (secondary N) is 1. The number of halogens is 3. The SMILES string of the molecule is CCn1c(SCC(=O)Nc2ccccc2C(F)(F)F)nc2cc(S(N)(=O)=O)ccc21. The Hall–Kier alpha value is -2.57. The Morgan fingerprint density at radius 2 is 1.93 bits per heavy atom. The predicted molar refractivity (Wildman–Crippen MR) is 108 cm³/mol. The van der Waals surface area contributed by atoms with Crippen molar-refractivity contribution >= 4 is 44.4 Å². The standard InChI is InChI=1S/C18H17F3N4O3S2/c1-2-25-15-8-7-11(30(22,27)28)9-14(15)24-17(25)29-10-16(26)23-13-6-4-3-5-12(13)18(19,20)21/h3-9H,2,10H2,1H3,(H,23,26)(H2,22,27,28). The van der Waals surface area contributed by atoms with Crippen molar-refractivity contribution in [3.63, 3.8) is 0 Å². The van der Waals surface area contributed by atoms with Gasteiger partial charge in [0.1, 0.15) is 0 Å². The van der Waals surface area contributed by atoms with E-state index in [1.165, 1.54) is 30.3 Å². The molecule has 0 bridgehead atoms. The summed E-state index contributed by atoms with van der Waals surface area (Å²) in [6.45, 7) is 2.34. The molecule has 0 radical (unpaired) electrons. The van der Waals surface area contributed by atoms with Crippen molar-refractivity contribution < 1.29 is 26.4 Å². The number of nitrogens with two attached hydrogens (primary N) is 1. The van der Waals surface area contributed by atoms with Gasteiger partial charge in [-0.05, 0) is 37.3 Å². The van der Waals surface area contributed by atoms with E-state index in [1.807, 2.05) is 6.92 Å². The number of amides is 1. The van der Waals surface area contributed by atoms with Crippen LogP contribution in [0.5, 0.6) is 0 Å². The highest BCUT2D eigenvalue weighted by atomic mass is 32.2. The fourth-order valence-corrected chi connectivity index (χ4v) is 4.25. The van der Waals surface area contributed by atoms with Gasteiger partial charge >= 0.3 is 6.18 Å². The summed E-state index contributed by atoms with van der Waals surface area (Å²) in [6.07, 6.45) is -4.59. The van der Waals surface area contributed by atoms with Gasteiger partial charge < -0.3 is 9.88 Å². The molecule has 0 saturated heterocycles. The third-order valence-corrected chi connectivity index (χ3v) is 6.06. The number of hydrogen-bond acceptors (Lipinski definition) is 5. The first kappa shape index (κ1) is 22.1. The van der Waals surface area contributed by atoms with Crippen LogP contribution in [0.1, 0.15) is 12.5 Å². The Balaban J connectivity index is 1.80. The lowest BCUT2D eigenvalue weighted by Gasteiger charge is -2.13. The predicted octanol–water partition coefficient (Wildman–Crippen LogP) is 3.45. The molecule has 1 heterocycles. The molecule has 30 heavy (non-hydrogen) atoms. The zero-order valence-electron chi connectivity index (χ0n) is 15.6. The van der Waals surface area contributed by atoms with Crippen molar-refractivity contribution in [2.75, 3.05) is 11.1 Å². The topological polar surface area (TPSA) is 107 Å². The third kappa shape index (κ3) is 4.77. The van der Waals surface area contributed by atoms with Crippen LogP contribution in [-0.2, 0) is 27.5 Å². The minimum absolute atomic E-state index is 0.0891. The van der Waals surface area contributed by atoms with Gasteiger partial charge in [0.05, 0.1) is 32.9 Å². The number of fused-ring (bicyclic) bond motifs is 1. The maximum absolute atomic E-state index is 13.1. The quantitative estimate of drug-likeness (QED) is 0.550. The molecule has 0 fully saturated rings. The Morgan fingerprint density at radius 1 is 1.23 bits per heavy atom. The first-order valence-corrected chi connectivity index (χ1v) is 11.2. The van der Waals surface area contributed by atoms with E-state index in [9.17, 15) is 26.4 Å². The summed E-state index contributed by atoms with van der Waals surface area (Å²) in [5.41, 5.74) is -0.221. The van der Waals surface area contributed by atoms with Gasteiger partial charge in [0.25, 0.3) is 0 Å². The van der Waals surface area contributed by atoms with Gasteiger partial charge in [0.2, 0.25) is 15.9 Å². The highest BCUT2D eigenvalue weighted by Gasteiger charge is 2.33. The smallest absolute Gasteiger partial charge is 0.325 e. The van der Waals surface area contributed by atoms with E-state index < -0.39 is 27.7 Å². The van der Waals surface area contributed by atoms with Crippen LogP contribution in [0.3, 0.4) is 0 Å². The fourth-order valence-electron chi connectivity index (χ4n) is 2.84. The van der Waals surface area contributed by atoms with Gasteiger partial charge in [-0.2, -0.15) is 13.2 Å². The minimum Gasteiger partial charge on any atom is -0.325 e. The van der Waals surface area contributed by atoms with E-state index in [0.717, 1.165) is 17.8 Å². The summed E-state index contributed by atoms with van der Waals surface area (Å²) in [5, 5.41) is 7.84. The molecule has 3 rings (SSSR count). The van der Waals surface area contributed by atoms with Crippen LogP contribution in [0.15, 0.2) is 52.5 Å². The number of anilines is 1. The second-order valence-electron chi connectivity index (χ2n) is 6.21. The van der Waals surface area contributed by atoms with E-state index >= 15 is 0 Å². The molecule has 0 unspecified atom stereocenters. The van der Waals surface area contributed by atoms with E-state index in [4.69, 9.17) is 5.14 Å². The number of thioether (sulfide) groups is 1. The summed E-state index contributed by atoms with van der Waals surface area (Å²) in [4.78, 5) is 16.5. The zero-order valence-corrected chi connectivity index (χ0v) is 17.2. The monoisotopic (exact) mass is 458 g/mol. The number of nitrogens with zero attached hydrogens (tertiary/aromatic N) is 2. The zero-order chi connectivity index (χ0) is 22.1. The lowest BCUT2D eigenvalue weighted by atomic mass is 10.1. The summed E-state index contributed by atoms with van der Waals surface area (Å²) in [6, 6.07) is 8.98. The number of aromatic nitrogens is 2. The Morgan fingerprint density at radius 3 is 2.57 bits per heavy atom. The van der Waals surface area contributed by atoms with Gasteiger partial charge in [-0.25, -0.2) is 18.5 Å². The minimum atomic E-state index is -4.59. The second-order valence-corrected chi connectivity index (χ2v) is 8.72. The lowest BCUT2D eigenvalue weighted by Crippen LogP contribution is -2.18. The van der Waals surface area contributed by atoms with Crippen LogP contribution in [0.2, 0.25) is 0 Å². The van der Waals surface area contributed by atoms with Gasteiger partial charge in [0, 0.05) is 6.54 Å². The number of sulfonamides is 1. The molecular formula is C18H17F3N4O3S2. The number of imidazole rings is 1. The molecule has 0 saturated carbocycles. The number of alkyl halides is 3. The molecule has 0 spiro atoms. The maximum Gasteiger partial charge on any atom is 0.418 e. The van der Waals surface area contributed by atoms with Gasteiger partial charge in [-0.1, -0.05) is 23.9 Å². The van der Waals surface area contributed by atoms with Crippen LogP contribution < -0.4 is 10.5 Å². The van der Waals surface area contributed by atoms with Crippen molar-refractivity contribution in [2.24, 2.45) is 5.14 Å². The first-order valence-electron chi connectivity index (χ1n) is 8.62. The van der Waals surface area contributed by atoms with E-state index in [2.05, 4.69) is 10.3 Å². The molecule has 1 amide bonds. The summed E-state index contributed by atoms with van der Waals surface area (Å²) < 4.78 is 64.0. The van der Waals surface area contributed by atoms with Crippen LogP contribution in [0.25, 0.3) is 11.0 Å². The van der Waals surface area contributed by atoms with E-state index in [-0.39, 0.29) is 16.3 Å². The molecule has 3 aromatic rings. The first-order chi connectivity index (χ1) is 14.0. The molecular weight excluding hydrogens is 441 g/mol. The normalized spacial score (nSPS) is 12.3. The number of carbonyl (C=O) groups excluding carboxylic acids is 1. The van der Waals surface area contributed by atoms with Crippen molar-refractivity contribution in [2.45, 2.75) is 29.7 Å². The number of hydrogen-bond donors (Lipinski definition) is 2. The highest BCUT2D eigenvalue weighted by Crippen LogP contribution is 2.34. The number of rotatable bonds is 6. The molecule has 0 aliphatic rings. The third-order valence-electron chi connectivity index (χ3n) is 4.17. The van der Waals surface area contributed by atoms with Crippen molar-refractivity contribution in [3.8, 4) is 0 Å². The number of carbonyl (C=O) groups is 1. The largest absolute Gasteiger partial charge is 0.418 e. The molecule has 2 aromatic carbocycles.